The Bertz CT molecular complexity index is 406. The van der Waals surface area contributed by atoms with Gasteiger partial charge < -0.3 is 5.11 Å². The molecule has 5 heteroatoms. The molecule has 0 aromatic heterocycles. The van der Waals surface area contributed by atoms with Crippen molar-refractivity contribution in [3.8, 4) is 5.75 Å². The van der Waals surface area contributed by atoms with Gasteiger partial charge in [0, 0.05) is 0 Å². The minimum absolute atomic E-state index is 0.0697. The standard InChI is InChI=1S/C8H7FO3S/c9-13(11,12)6-5-7-1-3-8(10)4-2-7/h1-6,10H/b6-5+. The molecule has 0 aliphatic heterocycles. The summed E-state index contributed by atoms with van der Waals surface area (Å²) >= 11 is 0. The van der Waals surface area contributed by atoms with Crippen molar-refractivity contribution in [2.75, 3.05) is 0 Å². The largest absolute Gasteiger partial charge is 0.508 e. The molecular formula is C8H7FO3S. The summed E-state index contributed by atoms with van der Waals surface area (Å²) in [5.74, 6) is 0.0697. The van der Waals surface area contributed by atoms with Crippen molar-refractivity contribution >= 4 is 16.3 Å². The van der Waals surface area contributed by atoms with Gasteiger partial charge in [-0.25, -0.2) is 0 Å². The Morgan fingerprint density at radius 3 is 2.23 bits per heavy atom. The molecule has 0 aliphatic carbocycles. The maximum Gasteiger partial charge on any atom is 0.325 e. The molecule has 0 heterocycles. The van der Waals surface area contributed by atoms with Crippen molar-refractivity contribution in [1.82, 2.24) is 0 Å². The Kier molecular flexibility index (Phi) is 2.67. The lowest BCUT2D eigenvalue weighted by Crippen LogP contribution is -1.80. The van der Waals surface area contributed by atoms with Crippen molar-refractivity contribution in [2.24, 2.45) is 0 Å². The van der Waals surface area contributed by atoms with Gasteiger partial charge in [0.2, 0.25) is 0 Å². The number of rotatable bonds is 2. The zero-order valence-electron chi connectivity index (χ0n) is 6.51. The third-order valence-corrected chi connectivity index (χ3v) is 1.78. The van der Waals surface area contributed by atoms with Crippen molar-refractivity contribution in [3.05, 3.63) is 35.2 Å². The maximum absolute atomic E-state index is 12.0. The molecule has 0 saturated carbocycles. The monoisotopic (exact) mass is 202 g/mol. The Morgan fingerprint density at radius 1 is 1.23 bits per heavy atom. The molecular weight excluding hydrogens is 195 g/mol. The fraction of sp³-hybridized carbons (Fsp3) is 0. The van der Waals surface area contributed by atoms with Crippen LogP contribution in [0.3, 0.4) is 0 Å². The average Bonchev–Trinajstić information content (AvgIpc) is 2.02. The van der Waals surface area contributed by atoms with Crippen LogP contribution in [0.15, 0.2) is 29.7 Å². The van der Waals surface area contributed by atoms with E-state index < -0.39 is 10.2 Å². The minimum Gasteiger partial charge on any atom is -0.508 e. The van der Waals surface area contributed by atoms with E-state index in [9.17, 15) is 12.3 Å². The zero-order valence-corrected chi connectivity index (χ0v) is 7.33. The summed E-state index contributed by atoms with van der Waals surface area (Å²) in [5, 5.41) is 9.33. The Hall–Kier alpha value is -1.36. The molecule has 1 aromatic carbocycles. The second kappa shape index (κ2) is 3.57. The van der Waals surface area contributed by atoms with E-state index in [1.165, 1.54) is 24.3 Å². The number of hydrogen-bond acceptors (Lipinski definition) is 3. The summed E-state index contributed by atoms with van der Waals surface area (Å²) in [7, 11) is -4.58. The predicted octanol–water partition coefficient (Wildman–Crippen LogP) is 1.66. The number of hydrogen-bond donors (Lipinski definition) is 1. The first-order chi connectivity index (χ1) is 5.97. The van der Waals surface area contributed by atoms with Gasteiger partial charge in [-0.05, 0) is 23.8 Å². The van der Waals surface area contributed by atoms with Gasteiger partial charge in [0.15, 0.2) is 0 Å². The van der Waals surface area contributed by atoms with E-state index in [1.807, 2.05) is 0 Å². The summed E-state index contributed by atoms with van der Waals surface area (Å²) in [5.41, 5.74) is 0.499. The van der Waals surface area contributed by atoms with Crippen LogP contribution in [0, 0.1) is 0 Å². The van der Waals surface area contributed by atoms with Crippen LogP contribution >= 0.6 is 0 Å². The van der Waals surface area contributed by atoms with Gasteiger partial charge >= 0.3 is 10.2 Å². The van der Waals surface area contributed by atoms with Gasteiger partial charge in [0.25, 0.3) is 0 Å². The lowest BCUT2D eigenvalue weighted by atomic mass is 10.2. The summed E-state index contributed by atoms with van der Waals surface area (Å²) in [4.78, 5) is 0. The molecule has 0 radical (unpaired) electrons. The highest BCUT2D eigenvalue weighted by Crippen LogP contribution is 2.11. The number of phenolic OH excluding ortho intramolecular Hbond substituents is 1. The number of benzene rings is 1. The first-order valence-electron chi connectivity index (χ1n) is 3.39. The van der Waals surface area contributed by atoms with Crippen LogP contribution in [0.4, 0.5) is 3.89 Å². The third-order valence-electron chi connectivity index (χ3n) is 1.32. The highest BCUT2D eigenvalue weighted by Gasteiger charge is 1.98. The summed E-state index contributed by atoms with van der Waals surface area (Å²) in [6.07, 6.45) is 1.11. The van der Waals surface area contributed by atoms with Crippen molar-refractivity contribution in [3.63, 3.8) is 0 Å². The Balaban J connectivity index is 2.88. The lowest BCUT2D eigenvalue weighted by Gasteiger charge is -1.92. The van der Waals surface area contributed by atoms with E-state index in [0.29, 0.717) is 11.0 Å². The quantitative estimate of drug-likeness (QED) is 0.742. The lowest BCUT2D eigenvalue weighted by molar-refractivity contribution is 0.475. The van der Waals surface area contributed by atoms with E-state index >= 15 is 0 Å². The molecule has 0 bridgehead atoms. The number of aromatic hydroxyl groups is 1. The molecule has 0 atom stereocenters. The van der Waals surface area contributed by atoms with Crippen LogP contribution in [0.2, 0.25) is 0 Å². The van der Waals surface area contributed by atoms with Gasteiger partial charge in [0.1, 0.15) is 5.75 Å². The molecule has 1 N–H and O–H groups in total. The van der Waals surface area contributed by atoms with Crippen LogP contribution in [-0.4, -0.2) is 13.5 Å². The summed E-state index contributed by atoms with van der Waals surface area (Å²) in [6.45, 7) is 0. The first-order valence-corrected chi connectivity index (χ1v) is 4.84. The van der Waals surface area contributed by atoms with Crippen LogP contribution in [0.1, 0.15) is 5.56 Å². The predicted molar refractivity (Wildman–Crippen MR) is 47.2 cm³/mol. The zero-order chi connectivity index (χ0) is 9.90. The molecule has 0 aliphatic rings. The number of phenols is 1. The van der Waals surface area contributed by atoms with Crippen molar-refractivity contribution in [2.45, 2.75) is 0 Å². The van der Waals surface area contributed by atoms with Crippen LogP contribution < -0.4 is 0 Å². The molecule has 1 aromatic rings. The van der Waals surface area contributed by atoms with Gasteiger partial charge in [0.05, 0.1) is 5.41 Å². The molecule has 0 unspecified atom stereocenters. The molecule has 0 spiro atoms. The van der Waals surface area contributed by atoms with Crippen molar-refractivity contribution < 1.29 is 17.4 Å². The van der Waals surface area contributed by atoms with Gasteiger partial charge in [-0.1, -0.05) is 12.1 Å². The summed E-state index contributed by atoms with van der Waals surface area (Å²) < 4.78 is 32.1. The second-order valence-corrected chi connectivity index (χ2v) is 3.59. The first kappa shape index (κ1) is 9.73. The molecule has 1 rings (SSSR count). The molecule has 13 heavy (non-hydrogen) atoms. The fourth-order valence-corrected chi connectivity index (χ4v) is 1.06. The topological polar surface area (TPSA) is 54.4 Å². The van der Waals surface area contributed by atoms with E-state index in [0.717, 1.165) is 6.08 Å². The van der Waals surface area contributed by atoms with E-state index in [-0.39, 0.29) is 5.75 Å². The molecule has 0 amide bonds. The maximum atomic E-state index is 12.0. The Labute approximate surface area is 75.4 Å². The van der Waals surface area contributed by atoms with Gasteiger partial charge in [-0.15, -0.1) is 3.89 Å². The number of halogens is 1. The van der Waals surface area contributed by atoms with Gasteiger partial charge in [-0.2, -0.15) is 8.42 Å². The molecule has 0 fully saturated rings. The summed E-state index contributed by atoms with van der Waals surface area (Å²) in [6, 6.07) is 5.70. The smallest absolute Gasteiger partial charge is 0.325 e. The highest BCUT2D eigenvalue weighted by molar-refractivity contribution is 7.89. The average molecular weight is 202 g/mol. The molecule has 0 saturated heterocycles. The molecule has 3 nitrogen and oxygen atoms in total. The highest BCUT2D eigenvalue weighted by atomic mass is 32.3. The van der Waals surface area contributed by atoms with Crippen LogP contribution in [-0.2, 0) is 10.2 Å². The normalized spacial score (nSPS) is 12.1. The van der Waals surface area contributed by atoms with Crippen molar-refractivity contribution in [1.29, 1.82) is 0 Å². The fourth-order valence-electron chi connectivity index (χ4n) is 0.745. The second-order valence-electron chi connectivity index (χ2n) is 2.37. The molecule has 70 valence electrons. The SMILES string of the molecule is O=S(=O)(F)/C=C/c1ccc(O)cc1. The minimum atomic E-state index is -4.58. The Morgan fingerprint density at radius 2 is 1.77 bits per heavy atom. The third kappa shape index (κ3) is 3.71. The van der Waals surface area contributed by atoms with E-state index in [4.69, 9.17) is 5.11 Å². The van der Waals surface area contributed by atoms with Crippen LogP contribution in [0.5, 0.6) is 5.75 Å². The van der Waals surface area contributed by atoms with E-state index in [1.54, 1.807) is 0 Å². The van der Waals surface area contributed by atoms with Gasteiger partial charge in [-0.3, -0.25) is 0 Å². The van der Waals surface area contributed by atoms with E-state index in [2.05, 4.69) is 0 Å². The van der Waals surface area contributed by atoms with Crippen LogP contribution in [0.25, 0.3) is 6.08 Å².